The van der Waals surface area contributed by atoms with Gasteiger partial charge in [0, 0.05) is 10.7 Å². The van der Waals surface area contributed by atoms with Crippen LogP contribution in [0.4, 0.5) is 5.69 Å². The number of likely N-dealkylation sites (tertiary alicyclic amines) is 1. The predicted octanol–water partition coefficient (Wildman–Crippen LogP) is 3.03. The van der Waals surface area contributed by atoms with Gasteiger partial charge in [-0.15, -0.1) is 0 Å². The smallest absolute Gasteiger partial charge is 0.171 e. The second-order valence-corrected chi connectivity index (χ2v) is 6.98. The zero-order valence-corrected chi connectivity index (χ0v) is 15.1. The first-order valence-electron chi connectivity index (χ1n) is 8.41. The van der Waals surface area contributed by atoms with E-state index in [9.17, 15) is 0 Å². The molecule has 0 spiro atoms. The fraction of sp³-hybridized carbons (Fsp3) is 0.389. The third-order valence-corrected chi connectivity index (χ3v) is 4.91. The molecule has 0 unspecified atom stereocenters. The highest BCUT2D eigenvalue weighted by molar-refractivity contribution is 7.80. The summed E-state index contributed by atoms with van der Waals surface area (Å²) in [5, 5.41) is 7.81. The first-order valence-corrected chi connectivity index (χ1v) is 9.19. The second-order valence-electron chi connectivity index (χ2n) is 6.13. The van der Waals surface area contributed by atoms with Crippen molar-refractivity contribution in [2.45, 2.75) is 25.3 Å². The molecule has 1 aromatic carbocycles. The molecule has 24 heavy (non-hydrogen) atoms. The topological polar surface area (TPSA) is 41.6 Å². The summed E-state index contributed by atoms with van der Waals surface area (Å²) in [5.41, 5.74) is 0.889. The van der Waals surface area contributed by atoms with Crippen LogP contribution in [0, 0.1) is 0 Å². The Balaban J connectivity index is 1.59. The number of thiocarbonyl (C=S) groups is 1. The molecule has 0 bridgehead atoms. The Morgan fingerprint density at radius 3 is 2.75 bits per heavy atom. The monoisotopic (exact) mass is 364 g/mol. The Bertz CT molecular complexity index is 656. The maximum Gasteiger partial charge on any atom is 0.171 e. The molecule has 2 aromatic rings. The van der Waals surface area contributed by atoms with Crippen LogP contribution in [0.5, 0.6) is 0 Å². The van der Waals surface area contributed by atoms with E-state index in [-0.39, 0.29) is 6.04 Å². The van der Waals surface area contributed by atoms with Crippen LogP contribution in [-0.4, -0.2) is 24.7 Å². The summed E-state index contributed by atoms with van der Waals surface area (Å²) in [6, 6.07) is 11.8. The third kappa shape index (κ3) is 4.72. The molecular weight excluding hydrogens is 342 g/mol. The molecule has 1 aliphatic rings. The lowest BCUT2D eigenvalue weighted by molar-refractivity contribution is -0.936. The number of rotatable bonds is 5. The number of halogens is 1. The highest BCUT2D eigenvalue weighted by atomic mass is 35.5. The molecule has 128 valence electrons. The van der Waals surface area contributed by atoms with Gasteiger partial charge in [0.25, 0.3) is 0 Å². The quantitative estimate of drug-likeness (QED) is 0.713. The normalized spacial score (nSPS) is 16.5. The molecule has 3 N–H and O–H groups in total. The van der Waals surface area contributed by atoms with E-state index in [1.807, 2.05) is 30.3 Å². The molecular formula is C18H23ClN3OS+. The standard InChI is InChI=1S/C18H22ClN3OS/c19-14-6-4-7-15(12-14)21-18(24)20-13-16(17-8-5-11-23-17)22-9-2-1-3-10-22/h4-8,11-12,16H,1-3,9-10,13H2,(H2,20,21,24)/p+1/t16-/m1/s1. The third-order valence-electron chi connectivity index (χ3n) is 4.42. The Labute approximate surface area is 153 Å². The van der Waals surface area contributed by atoms with Gasteiger partial charge in [0.2, 0.25) is 0 Å². The highest BCUT2D eigenvalue weighted by Crippen LogP contribution is 2.15. The van der Waals surface area contributed by atoms with Crippen LogP contribution in [0.15, 0.2) is 47.1 Å². The fourth-order valence-electron chi connectivity index (χ4n) is 3.23. The SMILES string of the molecule is S=C(NC[C@H](c1ccco1)[NH+]1CCCCC1)Nc1cccc(Cl)c1. The van der Waals surface area contributed by atoms with Crippen molar-refractivity contribution in [2.24, 2.45) is 0 Å². The summed E-state index contributed by atoms with van der Waals surface area (Å²) >= 11 is 11.4. The summed E-state index contributed by atoms with van der Waals surface area (Å²) in [6.45, 7) is 3.11. The molecule has 1 aliphatic heterocycles. The molecule has 2 heterocycles. The number of benzene rings is 1. The van der Waals surface area contributed by atoms with Crippen LogP contribution in [0.2, 0.25) is 5.02 Å². The van der Waals surface area contributed by atoms with Crippen molar-refractivity contribution in [3.05, 3.63) is 53.4 Å². The van der Waals surface area contributed by atoms with Gasteiger partial charge in [-0.1, -0.05) is 17.7 Å². The van der Waals surface area contributed by atoms with Gasteiger partial charge in [-0.05, 0) is 61.8 Å². The van der Waals surface area contributed by atoms with Gasteiger partial charge in [-0.3, -0.25) is 0 Å². The van der Waals surface area contributed by atoms with Gasteiger partial charge in [0.15, 0.2) is 16.9 Å². The highest BCUT2D eigenvalue weighted by Gasteiger charge is 2.28. The lowest BCUT2D eigenvalue weighted by Gasteiger charge is -2.30. The number of nitrogens with one attached hydrogen (secondary N) is 3. The van der Waals surface area contributed by atoms with Crippen LogP contribution in [0.25, 0.3) is 0 Å². The molecule has 1 fully saturated rings. The van der Waals surface area contributed by atoms with Crippen molar-refractivity contribution in [2.75, 3.05) is 25.0 Å². The van der Waals surface area contributed by atoms with Crippen molar-refractivity contribution >= 4 is 34.6 Å². The minimum atomic E-state index is 0.277. The van der Waals surface area contributed by atoms with E-state index in [2.05, 4.69) is 16.7 Å². The first kappa shape index (κ1) is 17.3. The molecule has 0 radical (unpaired) electrons. The summed E-state index contributed by atoms with van der Waals surface area (Å²) in [4.78, 5) is 1.56. The van der Waals surface area contributed by atoms with Crippen molar-refractivity contribution in [1.29, 1.82) is 0 Å². The Morgan fingerprint density at radius 1 is 1.21 bits per heavy atom. The lowest BCUT2D eigenvalue weighted by Crippen LogP contribution is -3.13. The van der Waals surface area contributed by atoms with Crippen LogP contribution in [0.3, 0.4) is 0 Å². The largest absolute Gasteiger partial charge is 0.463 e. The molecule has 0 amide bonds. The number of hydrogen-bond acceptors (Lipinski definition) is 2. The zero-order chi connectivity index (χ0) is 16.8. The Morgan fingerprint density at radius 2 is 2.04 bits per heavy atom. The molecule has 1 saturated heterocycles. The van der Waals surface area contributed by atoms with E-state index >= 15 is 0 Å². The Kier molecular flexibility index (Phi) is 6.12. The molecule has 0 aliphatic carbocycles. The fourth-order valence-corrected chi connectivity index (χ4v) is 3.62. The zero-order valence-electron chi connectivity index (χ0n) is 13.6. The number of hydrogen-bond donors (Lipinski definition) is 3. The summed E-state index contributed by atoms with van der Waals surface area (Å²) < 4.78 is 5.67. The predicted molar refractivity (Wildman–Crippen MR) is 102 cm³/mol. The van der Waals surface area contributed by atoms with E-state index in [0.717, 1.165) is 18.0 Å². The van der Waals surface area contributed by atoms with Gasteiger partial charge in [0.05, 0.1) is 25.9 Å². The van der Waals surface area contributed by atoms with Crippen LogP contribution < -0.4 is 15.5 Å². The summed E-state index contributed by atoms with van der Waals surface area (Å²) in [7, 11) is 0. The van der Waals surface area contributed by atoms with E-state index in [0.29, 0.717) is 10.1 Å². The van der Waals surface area contributed by atoms with E-state index < -0.39 is 0 Å². The van der Waals surface area contributed by atoms with E-state index in [4.69, 9.17) is 28.2 Å². The molecule has 0 saturated carbocycles. The minimum Gasteiger partial charge on any atom is -0.463 e. The van der Waals surface area contributed by atoms with Gasteiger partial charge in [-0.2, -0.15) is 0 Å². The summed E-state index contributed by atoms with van der Waals surface area (Å²) in [5.74, 6) is 1.02. The molecule has 6 heteroatoms. The molecule has 3 rings (SSSR count). The van der Waals surface area contributed by atoms with Gasteiger partial charge in [0.1, 0.15) is 0 Å². The van der Waals surface area contributed by atoms with Crippen molar-refractivity contribution in [3.63, 3.8) is 0 Å². The number of piperidine rings is 1. The Hall–Kier alpha value is -1.56. The average Bonchev–Trinajstić information content (AvgIpc) is 3.10. The van der Waals surface area contributed by atoms with Crippen molar-refractivity contribution in [1.82, 2.24) is 5.32 Å². The number of furan rings is 1. The maximum absolute atomic E-state index is 6.01. The van der Waals surface area contributed by atoms with Gasteiger partial charge in [-0.25, -0.2) is 0 Å². The second kappa shape index (κ2) is 8.51. The average molecular weight is 365 g/mol. The summed E-state index contributed by atoms with van der Waals surface area (Å²) in [6.07, 6.45) is 5.63. The number of anilines is 1. The van der Waals surface area contributed by atoms with Gasteiger partial charge >= 0.3 is 0 Å². The van der Waals surface area contributed by atoms with Crippen LogP contribution in [0.1, 0.15) is 31.1 Å². The molecule has 1 aromatic heterocycles. The first-order chi connectivity index (χ1) is 11.7. The molecule has 1 atom stereocenters. The molecule has 4 nitrogen and oxygen atoms in total. The lowest BCUT2D eigenvalue weighted by atomic mass is 10.1. The van der Waals surface area contributed by atoms with Gasteiger partial charge < -0.3 is 20.0 Å². The van der Waals surface area contributed by atoms with E-state index in [1.54, 1.807) is 11.2 Å². The van der Waals surface area contributed by atoms with Crippen molar-refractivity contribution < 1.29 is 9.32 Å². The van der Waals surface area contributed by atoms with Crippen molar-refractivity contribution in [3.8, 4) is 0 Å². The van der Waals surface area contributed by atoms with Crippen LogP contribution in [-0.2, 0) is 0 Å². The maximum atomic E-state index is 6.01. The van der Waals surface area contributed by atoms with E-state index in [1.165, 1.54) is 32.4 Å². The number of quaternary nitrogens is 1. The van der Waals surface area contributed by atoms with Crippen LogP contribution >= 0.6 is 23.8 Å². The minimum absolute atomic E-state index is 0.277.